The van der Waals surface area contributed by atoms with Crippen LogP contribution in [0.15, 0.2) is 11.6 Å². The van der Waals surface area contributed by atoms with Gasteiger partial charge in [0.2, 0.25) is 0 Å². The maximum Gasteiger partial charge on any atom is 0.194 e. The Balaban J connectivity index is 2.48. The van der Waals surface area contributed by atoms with Crippen molar-refractivity contribution in [3.8, 4) is 0 Å². The Hall–Kier alpha value is -0.870. The second-order valence-corrected chi connectivity index (χ2v) is 5.63. The summed E-state index contributed by atoms with van der Waals surface area (Å²) >= 11 is 1.69. The third-order valence-corrected chi connectivity index (χ3v) is 3.34. The van der Waals surface area contributed by atoms with E-state index in [1.54, 1.807) is 11.3 Å². The standard InChI is InChI=1S/C11H17N3S/c1-11(2,3)9-6-14-8(4-5-12)7-15-10(14)13-9/h6-7H,4-5,12H2,1-3H3. The number of rotatable bonds is 2. The maximum absolute atomic E-state index is 5.57. The van der Waals surface area contributed by atoms with Gasteiger partial charge in [-0.3, -0.25) is 4.40 Å². The summed E-state index contributed by atoms with van der Waals surface area (Å²) in [5.74, 6) is 0. The van der Waals surface area contributed by atoms with Gasteiger partial charge >= 0.3 is 0 Å². The van der Waals surface area contributed by atoms with E-state index in [-0.39, 0.29) is 5.41 Å². The number of fused-ring (bicyclic) bond motifs is 1. The van der Waals surface area contributed by atoms with Crippen LogP contribution in [-0.2, 0) is 11.8 Å². The molecule has 4 heteroatoms. The zero-order valence-corrected chi connectivity index (χ0v) is 10.3. The van der Waals surface area contributed by atoms with Gasteiger partial charge in [-0.1, -0.05) is 20.8 Å². The smallest absolute Gasteiger partial charge is 0.194 e. The van der Waals surface area contributed by atoms with E-state index >= 15 is 0 Å². The van der Waals surface area contributed by atoms with Crippen LogP contribution < -0.4 is 5.73 Å². The zero-order valence-electron chi connectivity index (χ0n) is 9.45. The first-order valence-corrected chi connectivity index (χ1v) is 6.06. The summed E-state index contributed by atoms with van der Waals surface area (Å²) in [6.07, 6.45) is 3.05. The molecule has 0 spiro atoms. The molecule has 0 aliphatic rings. The molecule has 0 aliphatic carbocycles. The first-order chi connectivity index (χ1) is 7.02. The molecular formula is C11H17N3S. The van der Waals surface area contributed by atoms with Gasteiger partial charge in [-0.05, 0) is 6.54 Å². The summed E-state index contributed by atoms with van der Waals surface area (Å²) in [5, 5.41) is 2.14. The Labute approximate surface area is 93.9 Å². The summed E-state index contributed by atoms with van der Waals surface area (Å²) in [6.45, 7) is 7.24. The third kappa shape index (κ3) is 1.92. The fraction of sp³-hybridized carbons (Fsp3) is 0.545. The highest BCUT2D eigenvalue weighted by atomic mass is 32.1. The predicted octanol–water partition coefficient (Wildman–Crippen LogP) is 2.19. The van der Waals surface area contributed by atoms with Crippen LogP contribution in [0, 0.1) is 0 Å². The molecular weight excluding hydrogens is 206 g/mol. The fourth-order valence-corrected chi connectivity index (χ4v) is 2.43. The molecule has 0 bridgehead atoms. The molecule has 15 heavy (non-hydrogen) atoms. The lowest BCUT2D eigenvalue weighted by molar-refractivity contribution is 0.573. The predicted molar refractivity (Wildman–Crippen MR) is 64.5 cm³/mol. The molecule has 0 atom stereocenters. The van der Waals surface area contributed by atoms with Crippen molar-refractivity contribution in [3.63, 3.8) is 0 Å². The minimum absolute atomic E-state index is 0.117. The number of imidazole rings is 1. The van der Waals surface area contributed by atoms with E-state index in [0.717, 1.165) is 17.1 Å². The second-order valence-electron chi connectivity index (χ2n) is 4.79. The molecule has 0 amide bonds. The maximum atomic E-state index is 5.57. The average Bonchev–Trinajstić information content (AvgIpc) is 2.65. The number of hydrogen-bond acceptors (Lipinski definition) is 3. The SMILES string of the molecule is CC(C)(C)c1cn2c(CCN)csc2n1. The number of nitrogens with two attached hydrogens (primary N) is 1. The Kier molecular flexibility index (Phi) is 2.56. The van der Waals surface area contributed by atoms with E-state index < -0.39 is 0 Å². The van der Waals surface area contributed by atoms with Crippen LogP contribution >= 0.6 is 11.3 Å². The highest BCUT2D eigenvalue weighted by Crippen LogP contribution is 2.25. The molecule has 2 aromatic rings. The number of thiazole rings is 1. The summed E-state index contributed by atoms with van der Waals surface area (Å²) < 4.78 is 2.16. The molecule has 2 rings (SSSR count). The van der Waals surface area contributed by atoms with Gasteiger partial charge in [-0.2, -0.15) is 0 Å². The van der Waals surface area contributed by atoms with Crippen LogP contribution in [0.1, 0.15) is 32.2 Å². The van der Waals surface area contributed by atoms with Crippen LogP contribution in [0.25, 0.3) is 4.96 Å². The average molecular weight is 223 g/mol. The lowest BCUT2D eigenvalue weighted by atomic mass is 9.93. The van der Waals surface area contributed by atoms with Gasteiger partial charge in [0.25, 0.3) is 0 Å². The lowest BCUT2D eigenvalue weighted by Crippen LogP contribution is -2.11. The number of hydrogen-bond donors (Lipinski definition) is 1. The Morgan fingerprint density at radius 3 is 2.80 bits per heavy atom. The topological polar surface area (TPSA) is 43.3 Å². The van der Waals surface area contributed by atoms with Crippen LogP contribution in [0.3, 0.4) is 0 Å². The normalized spacial score (nSPS) is 12.5. The molecule has 3 nitrogen and oxygen atoms in total. The molecule has 2 N–H and O–H groups in total. The summed E-state index contributed by atoms with van der Waals surface area (Å²) in [6, 6.07) is 0. The second kappa shape index (κ2) is 3.61. The van der Waals surface area contributed by atoms with E-state index in [1.807, 2.05) is 0 Å². The third-order valence-electron chi connectivity index (χ3n) is 2.45. The van der Waals surface area contributed by atoms with E-state index in [2.05, 4.69) is 41.7 Å². The molecule has 0 saturated heterocycles. The number of nitrogens with zero attached hydrogens (tertiary/aromatic N) is 2. The first kappa shape index (κ1) is 10.6. The largest absolute Gasteiger partial charge is 0.330 e. The molecule has 2 aromatic heterocycles. The molecule has 0 saturated carbocycles. The quantitative estimate of drug-likeness (QED) is 0.848. The zero-order chi connectivity index (χ0) is 11.1. The van der Waals surface area contributed by atoms with Gasteiger partial charge in [-0.25, -0.2) is 4.98 Å². The summed E-state index contributed by atoms with van der Waals surface area (Å²) in [7, 11) is 0. The van der Waals surface area contributed by atoms with Gasteiger partial charge < -0.3 is 5.73 Å². The monoisotopic (exact) mass is 223 g/mol. The molecule has 82 valence electrons. The Morgan fingerprint density at radius 1 is 1.47 bits per heavy atom. The molecule has 0 fully saturated rings. The van der Waals surface area contributed by atoms with Crippen LogP contribution in [-0.4, -0.2) is 15.9 Å². The van der Waals surface area contributed by atoms with Crippen molar-refractivity contribution in [2.45, 2.75) is 32.6 Å². The van der Waals surface area contributed by atoms with Crippen molar-refractivity contribution >= 4 is 16.3 Å². The van der Waals surface area contributed by atoms with Crippen LogP contribution in [0.4, 0.5) is 0 Å². The summed E-state index contributed by atoms with van der Waals surface area (Å²) in [5.41, 5.74) is 8.10. The van der Waals surface area contributed by atoms with Gasteiger partial charge in [0, 0.05) is 29.1 Å². The number of aromatic nitrogens is 2. The molecule has 0 unspecified atom stereocenters. The Bertz CT molecular complexity index is 462. The molecule has 0 aliphatic heterocycles. The van der Waals surface area contributed by atoms with Crippen LogP contribution in [0.2, 0.25) is 0 Å². The summed E-state index contributed by atoms with van der Waals surface area (Å²) in [4.78, 5) is 5.70. The fourth-order valence-electron chi connectivity index (χ4n) is 1.52. The van der Waals surface area contributed by atoms with E-state index in [1.165, 1.54) is 5.69 Å². The highest BCUT2D eigenvalue weighted by molar-refractivity contribution is 7.15. The van der Waals surface area contributed by atoms with E-state index in [0.29, 0.717) is 6.54 Å². The minimum Gasteiger partial charge on any atom is -0.330 e. The minimum atomic E-state index is 0.117. The van der Waals surface area contributed by atoms with Crippen molar-refractivity contribution in [1.82, 2.24) is 9.38 Å². The van der Waals surface area contributed by atoms with Crippen molar-refractivity contribution < 1.29 is 0 Å². The lowest BCUT2D eigenvalue weighted by Gasteiger charge is -2.13. The Morgan fingerprint density at radius 2 is 2.20 bits per heavy atom. The van der Waals surface area contributed by atoms with Gasteiger partial charge in [0.1, 0.15) is 0 Å². The molecule has 2 heterocycles. The van der Waals surface area contributed by atoms with Gasteiger partial charge in [-0.15, -0.1) is 11.3 Å². The first-order valence-electron chi connectivity index (χ1n) is 5.18. The van der Waals surface area contributed by atoms with E-state index in [4.69, 9.17) is 5.73 Å². The van der Waals surface area contributed by atoms with Crippen LogP contribution in [0.5, 0.6) is 0 Å². The van der Waals surface area contributed by atoms with Crippen molar-refractivity contribution in [2.24, 2.45) is 5.73 Å². The van der Waals surface area contributed by atoms with Crippen molar-refractivity contribution in [2.75, 3.05) is 6.54 Å². The van der Waals surface area contributed by atoms with Gasteiger partial charge in [0.05, 0.1) is 5.69 Å². The van der Waals surface area contributed by atoms with Gasteiger partial charge in [0.15, 0.2) is 4.96 Å². The highest BCUT2D eigenvalue weighted by Gasteiger charge is 2.18. The van der Waals surface area contributed by atoms with Crippen molar-refractivity contribution in [3.05, 3.63) is 23.0 Å². The van der Waals surface area contributed by atoms with Crippen molar-refractivity contribution in [1.29, 1.82) is 0 Å². The molecule has 0 aromatic carbocycles. The van der Waals surface area contributed by atoms with E-state index in [9.17, 15) is 0 Å². The molecule has 0 radical (unpaired) electrons.